The molecule has 1 fully saturated rings. The van der Waals surface area contributed by atoms with Crippen molar-refractivity contribution < 1.29 is 13.2 Å². The molecule has 0 aliphatic carbocycles. The second-order valence-electron chi connectivity index (χ2n) is 6.39. The van der Waals surface area contributed by atoms with E-state index in [0.29, 0.717) is 0 Å². The lowest BCUT2D eigenvalue weighted by molar-refractivity contribution is -0.137. The Hall–Kier alpha value is -2.57. The Labute approximate surface area is 142 Å². The summed E-state index contributed by atoms with van der Waals surface area (Å²) < 4.78 is 40.1. The summed E-state index contributed by atoms with van der Waals surface area (Å²) in [5, 5.41) is 0. The fourth-order valence-corrected chi connectivity index (χ4v) is 3.48. The smallest absolute Gasteiger partial charge is 0.342 e. The third kappa shape index (κ3) is 2.83. The minimum Gasteiger partial charge on any atom is -0.342 e. The SMILES string of the molecule is Cn1c(N2CCC(c3ccc(C(F)(F)F)cc3)C2)nc2cnccc21. The molecule has 0 radical (unpaired) electrons. The van der Waals surface area contributed by atoms with Gasteiger partial charge in [-0.3, -0.25) is 4.98 Å². The fraction of sp³-hybridized carbons (Fsp3) is 0.333. The van der Waals surface area contributed by atoms with Crippen LogP contribution in [0.5, 0.6) is 0 Å². The Kier molecular flexibility index (Phi) is 3.67. The lowest BCUT2D eigenvalue weighted by atomic mass is 9.97. The zero-order chi connectivity index (χ0) is 17.6. The second kappa shape index (κ2) is 5.75. The number of pyridine rings is 1. The number of rotatable bonds is 2. The summed E-state index contributed by atoms with van der Waals surface area (Å²) in [6.07, 6.45) is 0.0825. The zero-order valence-electron chi connectivity index (χ0n) is 13.7. The number of nitrogens with zero attached hydrogens (tertiary/aromatic N) is 4. The number of imidazole rings is 1. The number of aromatic nitrogens is 3. The maximum Gasteiger partial charge on any atom is 0.416 e. The number of aryl methyl sites for hydroxylation is 1. The first-order valence-corrected chi connectivity index (χ1v) is 8.12. The van der Waals surface area contributed by atoms with Crippen LogP contribution in [0.4, 0.5) is 19.1 Å². The van der Waals surface area contributed by atoms with Crippen molar-refractivity contribution in [1.82, 2.24) is 14.5 Å². The summed E-state index contributed by atoms with van der Waals surface area (Å²) in [7, 11) is 1.97. The van der Waals surface area contributed by atoms with Gasteiger partial charge in [0.15, 0.2) is 0 Å². The van der Waals surface area contributed by atoms with Crippen LogP contribution in [0.2, 0.25) is 0 Å². The molecule has 25 heavy (non-hydrogen) atoms. The first-order valence-electron chi connectivity index (χ1n) is 8.12. The zero-order valence-corrected chi connectivity index (χ0v) is 13.7. The van der Waals surface area contributed by atoms with E-state index in [9.17, 15) is 13.2 Å². The Balaban J connectivity index is 1.55. The maximum atomic E-state index is 12.7. The predicted octanol–water partition coefficient (Wildman–Crippen LogP) is 3.98. The van der Waals surface area contributed by atoms with Crippen LogP contribution < -0.4 is 4.90 Å². The molecular weight excluding hydrogens is 329 g/mol. The van der Waals surface area contributed by atoms with Crippen molar-refractivity contribution in [3.05, 3.63) is 53.9 Å². The molecule has 2 aromatic heterocycles. The van der Waals surface area contributed by atoms with E-state index in [2.05, 4.69) is 14.9 Å². The predicted molar refractivity (Wildman–Crippen MR) is 89.5 cm³/mol. The van der Waals surface area contributed by atoms with Gasteiger partial charge in [-0.05, 0) is 30.2 Å². The molecule has 0 amide bonds. The molecule has 1 aliphatic rings. The molecule has 1 atom stereocenters. The van der Waals surface area contributed by atoms with Gasteiger partial charge in [-0.1, -0.05) is 12.1 Å². The quantitative estimate of drug-likeness (QED) is 0.704. The highest BCUT2D eigenvalue weighted by atomic mass is 19.4. The van der Waals surface area contributed by atoms with Gasteiger partial charge in [0.1, 0.15) is 5.52 Å². The normalized spacial score (nSPS) is 18.2. The monoisotopic (exact) mass is 346 g/mol. The number of hydrogen-bond acceptors (Lipinski definition) is 3. The Bertz CT molecular complexity index is 899. The lowest BCUT2D eigenvalue weighted by Gasteiger charge is -2.18. The maximum absolute atomic E-state index is 12.7. The van der Waals surface area contributed by atoms with Gasteiger partial charge >= 0.3 is 6.18 Å². The van der Waals surface area contributed by atoms with E-state index >= 15 is 0 Å². The lowest BCUT2D eigenvalue weighted by Crippen LogP contribution is -2.22. The van der Waals surface area contributed by atoms with Crippen molar-refractivity contribution in [2.75, 3.05) is 18.0 Å². The number of benzene rings is 1. The minimum absolute atomic E-state index is 0.209. The average Bonchev–Trinajstić information content (AvgIpc) is 3.20. The van der Waals surface area contributed by atoms with Crippen LogP contribution in [0.3, 0.4) is 0 Å². The molecule has 4 nitrogen and oxygen atoms in total. The van der Waals surface area contributed by atoms with Gasteiger partial charge in [-0.2, -0.15) is 13.2 Å². The highest BCUT2D eigenvalue weighted by Crippen LogP contribution is 2.34. The van der Waals surface area contributed by atoms with E-state index in [-0.39, 0.29) is 5.92 Å². The first kappa shape index (κ1) is 15.9. The topological polar surface area (TPSA) is 34.0 Å². The van der Waals surface area contributed by atoms with Crippen LogP contribution in [0.1, 0.15) is 23.5 Å². The molecule has 3 aromatic rings. The van der Waals surface area contributed by atoms with Gasteiger partial charge in [-0.25, -0.2) is 4.98 Å². The molecule has 3 heterocycles. The highest BCUT2D eigenvalue weighted by Gasteiger charge is 2.31. The fourth-order valence-electron chi connectivity index (χ4n) is 3.48. The Morgan fingerprint density at radius 3 is 2.56 bits per heavy atom. The van der Waals surface area contributed by atoms with E-state index in [1.54, 1.807) is 24.5 Å². The van der Waals surface area contributed by atoms with Crippen LogP contribution in [0.25, 0.3) is 11.0 Å². The van der Waals surface area contributed by atoms with Crippen LogP contribution in [0.15, 0.2) is 42.7 Å². The van der Waals surface area contributed by atoms with Gasteiger partial charge in [0.05, 0.1) is 17.3 Å². The van der Waals surface area contributed by atoms with Crippen LogP contribution in [-0.2, 0) is 13.2 Å². The van der Waals surface area contributed by atoms with Crippen LogP contribution in [-0.4, -0.2) is 27.6 Å². The minimum atomic E-state index is -4.29. The molecule has 1 aliphatic heterocycles. The van der Waals surface area contributed by atoms with Gasteiger partial charge < -0.3 is 9.47 Å². The van der Waals surface area contributed by atoms with Gasteiger partial charge in [0.2, 0.25) is 5.95 Å². The summed E-state index contributed by atoms with van der Waals surface area (Å²) >= 11 is 0. The summed E-state index contributed by atoms with van der Waals surface area (Å²) in [6.45, 7) is 1.58. The molecule has 0 saturated carbocycles. The van der Waals surface area contributed by atoms with Gasteiger partial charge in [0, 0.05) is 32.3 Å². The van der Waals surface area contributed by atoms with Crippen molar-refractivity contribution in [2.24, 2.45) is 7.05 Å². The molecule has 1 saturated heterocycles. The third-order valence-corrected chi connectivity index (χ3v) is 4.84. The van der Waals surface area contributed by atoms with Crippen LogP contribution >= 0.6 is 0 Å². The number of fused-ring (bicyclic) bond motifs is 1. The molecule has 130 valence electrons. The summed E-state index contributed by atoms with van der Waals surface area (Å²) in [6, 6.07) is 7.44. The van der Waals surface area contributed by atoms with Crippen molar-refractivity contribution in [2.45, 2.75) is 18.5 Å². The van der Waals surface area contributed by atoms with Crippen molar-refractivity contribution in [3.8, 4) is 0 Å². The second-order valence-corrected chi connectivity index (χ2v) is 6.39. The third-order valence-electron chi connectivity index (χ3n) is 4.84. The van der Waals surface area contributed by atoms with Crippen molar-refractivity contribution >= 4 is 17.0 Å². The molecule has 1 unspecified atom stereocenters. The molecule has 1 aromatic carbocycles. The Morgan fingerprint density at radius 2 is 1.88 bits per heavy atom. The summed E-state index contributed by atoms with van der Waals surface area (Å²) in [5.41, 5.74) is 2.20. The number of anilines is 1. The van der Waals surface area contributed by atoms with E-state index in [1.165, 1.54) is 12.1 Å². The van der Waals surface area contributed by atoms with E-state index < -0.39 is 11.7 Å². The number of alkyl halides is 3. The van der Waals surface area contributed by atoms with Crippen molar-refractivity contribution in [3.63, 3.8) is 0 Å². The highest BCUT2D eigenvalue weighted by molar-refractivity contribution is 5.77. The number of halogens is 3. The van der Waals surface area contributed by atoms with Gasteiger partial charge in [0.25, 0.3) is 0 Å². The summed E-state index contributed by atoms with van der Waals surface area (Å²) in [4.78, 5) is 10.9. The molecule has 0 bridgehead atoms. The molecule has 0 spiro atoms. The largest absolute Gasteiger partial charge is 0.416 e. The van der Waals surface area contributed by atoms with E-state index in [1.807, 2.05) is 17.7 Å². The molecule has 7 heteroatoms. The number of hydrogen-bond donors (Lipinski definition) is 0. The molecule has 4 rings (SSSR count). The first-order chi connectivity index (χ1) is 11.9. The van der Waals surface area contributed by atoms with Crippen LogP contribution in [0, 0.1) is 0 Å². The Morgan fingerprint density at radius 1 is 1.12 bits per heavy atom. The van der Waals surface area contributed by atoms with Crippen molar-refractivity contribution in [1.29, 1.82) is 0 Å². The van der Waals surface area contributed by atoms with E-state index in [4.69, 9.17) is 0 Å². The van der Waals surface area contributed by atoms with E-state index in [0.717, 1.165) is 42.1 Å². The standard InChI is InChI=1S/C18H17F3N4/c1-24-16-6-8-22-10-15(16)23-17(24)25-9-7-13(11-25)12-2-4-14(5-3-12)18(19,20)21/h2-6,8,10,13H,7,9,11H2,1H3. The summed E-state index contributed by atoms with van der Waals surface area (Å²) in [5.74, 6) is 1.08. The average molecular weight is 346 g/mol. The van der Waals surface area contributed by atoms with Gasteiger partial charge in [-0.15, -0.1) is 0 Å². The molecular formula is C18H17F3N4. The molecule has 0 N–H and O–H groups in total.